The normalized spacial score (nSPS) is 23.6. The third kappa shape index (κ3) is 2.84. The summed E-state index contributed by atoms with van der Waals surface area (Å²) in [6, 6.07) is 8.84. The summed E-state index contributed by atoms with van der Waals surface area (Å²) < 4.78 is 23.7. The van der Waals surface area contributed by atoms with Crippen molar-refractivity contribution in [3.63, 3.8) is 0 Å². The number of sulfone groups is 1. The number of carbonyl (C=O) groups is 2. The second-order valence-electron chi connectivity index (χ2n) is 6.99. The summed E-state index contributed by atoms with van der Waals surface area (Å²) in [6.07, 6.45) is 1.53. The van der Waals surface area contributed by atoms with Crippen molar-refractivity contribution < 1.29 is 23.1 Å². The molecular weight excluding hydrogens is 356 g/mol. The second-order valence-corrected chi connectivity index (χ2v) is 9.70. The zero-order valence-corrected chi connectivity index (χ0v) is 15.3. The number of fused-ring (bicyclic) bond motifs is 1. The highest BCUT2D eigenvalue weighted by Gasteiger charge is 2.56. The number of hydrogen-bond acceptors (Lipinski definition) is 5. The van der Waals surface area contributed by atoms with E-state index < -0.39 is 31.7 Å². The molecule has 1 aromatic heterocycles. The van der Waals surface area contributed by atoms with Crippen molar-refractivity contribution >= 4 is 32.6 Å². The third-order valence-electron chi connectivity index (χ3n) is 5.27. The number of amides is 1. The van der Waals surface area contributed by atoms with Crippen molar-refractivity contribution in [3.8, 4) is 0 Å². The van der Waals surface area contributed by atoms with Gasteiger partial charge in [-0.25, -0.2) is 8.42 Å². The molecule has 138 valence electrons. The number of nitrogens with zero attached hydrogens (tertiary/aromatic N) is 1. The van der Waals surface area contributed by atoms with Gasteiger partial charge in [0.15, 0.2) is 15.1 Å². The molecule has 1 aliphatic heterocycles. The van der Waals surface area contributed by atoms with E-state index in [0.717, 1.165) is 0 Å². The van der Waals surface area contributed by atoms with Crippen LogP contribution < -0.4 is 5.32 Å². The summed E-state index contributed by atoms with van der Waals surface area (Å²) in [6.45, 7) is 3.12. The molecule has 0 aliphatic carbocycles. The van der Waals surface area contributed by atoms with Gasteiger partial charge in [0.05, 0.1) is 15.8 Å². The predicted molar refractivity (Wildman–Crippen MR) is 96.6 cm³/mol. The molecule has 1 amide bonds. The first-order valence-corrected chi connectivity index (χ1v) is 9.79. The lowest BCUT2D eigenvalue weighted by Crippen LogP contribution is -2.41. The lowest BCUT2D eigenvalue weighted by atomic mass is 9.90. The van der Waals surface area contributed by atoms with Crippen LogP contribution in [0.1, 0.15) is 30.6 Å². The first-order chi connectivity index (χ1) is 12.2. The molecule has 3 rings (SSSR count). The summed E-state index contributed by atoms with van der Waals surface area (Å²) >= 11 is 0. The molecule has 1 saturated heterocycles. The highest BCUT2D eigenvalue weighted by molar-refractivity contribution is 7.94. The molecule has 1 fully saturated rings. The summed E-state index contributed by atoms with van der Waals surface area (Å²) in [5, 5.41) is 11.2. The molecule has 0 spiro atoms. The summed E-state index contributed by atoms with van der Waals surface area (Å²) in [4.78, 5) is 28.1. The van der Waals surface area contributed by atoms with Crippen LogP contribution in [0.4, 0.5) is 0 Å². The summed E-state index contributed by atoms with van der Waals surface area (Å²) in [7, 11) is -3.82. The van der Waals surface area contributed by atoms with E-state index in [1.54, 1.807) is 24.4 Å². The number of carboxylic acid groups (broad SMARTS) is 1. The maximum absolute atomic E-state index is 12.6. The molecule has 0 radical (unpaired) electrons. The number of carbonyl (C=O) groups excluding carboxylic acids is 1. The van der Waals surface area contributed by atoms with E-state index in [1.165, 1.54) is 13.8 Å². The summed E-state index contributed by atoms with van der Waals surface area (Å²) in [5.41, 5.74) is 1.14. The largest absolute Gasteiger partial charge is 0.480 e. The Morgan fingerprint density at radius 3 is 2.62 bits per heavy atom. The number of hydrogen-bond donors (Lipinski definition) is 2. The third-order valence-corrected chi connectivity index (χ3v) is 8.21. The van der Waals surface area contributed by atoms with Crippen LogP contribution in [0.15, 0.2) is 36.5 Å². The van der Waals surface area contributed by atoms with Gasteiger partial charge in [-0.3, -0.25) is 14.6 Å². The van der Waals surface area contributed by atoms with E-state index in [2.05, 4.69) is 10.3 Å². The van der Waals surface area contributed by atoms with E-state index in [9.17, 15) is 23.1 Å². The molecule has 26 heavy (non-hydrogen) atoms. The van der Waals surface area contributed by atoms with Crippen molar-refractivity contribution in [3.05, 3.63) is 42.1 Å². The van der Waals surface area contributed by atoms with Crippen molar-refractivity contribution in [1.82, 2.24) is 10.3 Å². The number of rotatable bonds is 4. The summed E-state index contributed by atoms with van der Waals surface area (Å²) in [5.74, 6) is -2.16. The van der Waals surface area contributed by atoms with Gasteiger partial charge in [0.2, 0.25) is 0 Å². The number of aliphatic carboxylic acids is 1. The van der Waals surface area contributed by atoms with Crippen LogP contribution in [-0.2, 0) is 14.6 Å². The number of nitrogens with one attached hydrogen (secondary N) is 1. The molecule has 2 N–H and O–H groups in total. The first-order valence-electron chi connectivity index (χ1n) is 8.24. The Labute approximate surface area is 151 Å². The number of para-hydroxylation sites is 1. The molecule has 0 saturated carbocycles. The van der Waals surface area contributed by atoms with Gasteiger partial charge in [0.25, 0.3) is 5.91 Å². The molecule has 8 heteroatoms. The van der Waals surface area contributed by atoms with Crippen LogP contribution in [0.3, 0.4) is 0 Å². The monoisotopic (exact) mass is 376 g/mol. The van der Waals surface area contributed by atoms with Gasteiger partial charge >= 0.3 is 5.97 Å². The van der Waals surface area contributed by atoms with E-state index in [0.29, 0.717) is 16.5 Å². The fraction of sp³-hybridized carbons (Fsp3) is 0.389. The maximum Gasteiger partial charge on any atom is 0.321 e. The minimum absolute atomic E-state index is 0.0119. The van der Waals surface area contributed by atoms with Crippen LogP contribution in [0.25, 0.3) is 10.9 Å². The van der Waals surface area contributed by atoms with Gasteiger partial charge in [0.1, 0.15) is 0 Å². The van der Waals surface area contributed by atoms with Crippen LogP contribution >= 0.6 is 0 Å². The zero-order chi connectivity index (χ0) is 19.1. The van der Waals surface area contributed by atoms with Gasteiger partial charge in [-0.05, 0) is 38.3 Å². The Morgan fingerprint density at radius 2 is 1.96 bits per heavy atom. The highest BCUT2D eigenvalue weighted by Crippen LogP contribution is 2.41. The molecule has 7 nitrogen and oxygen atoms in total. The molecule has 2 heterocycles. The lowest BCUT2D eigenvalue weighted by molar-refractivity contribution is -0.136. The van der Waals surface area contributed by atoms with Gasteiger partial charge in [-0.15, -0.1) is 0 Å². The molecular formula is C18H20N2O5S. The van der Waals surface area contributed by atoms with Crippen molar-refractivity contribution in [2.24, 2.45) is 5.92 Å². The van der Waals surface area contributed by atoms with Crippen molar-refractivity contribution in [1.29, 1.82) is 0 Å². The Balaban J connectivity index is 1.80. The smallest absolute Gasteiger partial charge is 0.321 e. The maximum atomic E-state index is 12.6. The van der Waals surface area contributed by atoms with Crippen LogP contribution in [-0.4, -0.2) is 46.9 Å². The Kier molecular flexibility index (Phi) is 4.47. The molecule has 2 atom stereocenters. The van der Waals surface area contributed by atoms with Gasteiger partial charge in [-0.2, -0.15) is 0 Å². The molecule has 0 bridgehead atoms. The number of aromatic nitrogens is 1. The van der Waals surface area contributed by atoms with E-state index in [1.807, 2.05) is 12.1 Å². The molecule has 2 aromatic rings. The topological polar surface area (TPSA) is 113 Å². The SMILES string of the molecule is CC1(C)C(CNC(=O)c2ccnc3ccccc23)CC(C(=O)O)S1(=O)=O. The lowest BCUT2D eigenvalue weighted by Gasteiger charge is -2.25. The van der Waals surface area contributed by atoms with Gasteiger partial charge in [-0.1, -0.05) is 18.2 Å². The van der Waals surface area contributed by atoms with Gasteiger partial charge < -0.3 is 10.4 Å². The first kappa shape index (κ1) is 18.3. The molecule has 1 aromatic carbocycles. The average Bonchev–Trinajstić information content (AvgIpc) is 2.77. The zero-order valence-electron chi connectivity index (χ0n) is 14.5. The van der Waals surface area contributed by atoms with Gasteiger partial charge in [0, 0.05) is 18.1 Å². The van der Waals surface area contributed by atoms with Crippen LogP contribution in [0.5, 0.6) is 0 Å². The second kappa shape index (κ2) is 6.35. The standard InChI is InChI=1S/C18H20N2O5S/c1-18(2)11(9-15(17(22)23)26(18,24)25)10-20-16(21)13-7-8-19-14-6-4-3-5-12(13)14/h3-8,11,15H,9-10H2,1-2H3,(H,20,21)(H,22,23). The van der Waals surface area contributed by atoms with E-state index in [4.69, 9.17) is 0 Å². The molecule has 2 unspecified atom stereocenters. The quantitative estimate of drug-likeness (QED) is 0.838. The van der Waals surface area contributed by atoms with Crippen LogP contribution in [0.2, 0.25) is 0 Å². The highest BCUT2D eigenvalue weighted by atomic mass is 32.2. The van der Waals surface area contributed by atoms with E-state index >= 15 is 0 Å². The Bertz CT molecular complexity index is 979. The fourth-order valence-corrected chi connectivity index (χ4v) is 5.56. The van der Waals surface area contributed by atoms with Crippen molar-refractivity contribution in [2.45, 2.75) is 30.3 Å². The van der Waals surface area contributed by atoms with E-state index in [-0.39, 0.29) is 18.9 Å². The Morgan fingerprint density at radius 1 is 1.27 bits per heavy atom. The number of pyridine rings is 1. The minimum atomic E-state index is -3.82. The average molecular weight is 376 g/mol. The molecule has 1 aliphatic rings. The number of benzene rings is 1. The fourth-order valence-electron chi connectivity index (χ4n) is 3.44. The Hall–Kier alpha value is -2.48. The number of carboxylic acids is 1. The van der Waals surface area contributed by atoms with Crippen molar-refractivity contribution in [2.75, 3.05) is 6.54 Å². The van der Waals surface area contributed by atoms with Crippen LogP contribution in [0, 0.1) is 5.92 Å². The predicted octanol–water partition coefficient (Wildman–Crippen LogP) is 1.63. The minimum Gasteiger partial charge on any atom is -0.480 e.